The molecule has 3 N–H and O–H groups in total. The van der Waals surface area contributed by atoms with Gasteiger partial charge in [0, 0.05) is 19.6 Å². The number of hydrogen-bond acceptors (Lipinski definition) is 7. The molecule has 0 bridgehead atoms. The molecule has 20 heavy (non-hydrogen) atoms. The molecule has 1 aliphatic heterocycles. The average molecular weight is 293 g/mol. The largest absolute Gasteiger partial charge is 0.419 e. The SMILES string of the molecule is NC(=O)C1CNCCN1Cc1nnc(-c2cccs2)o1. The molecule has 3 rings (SSSR count). The zero-order chi connectivity index (χ0) is 13.9. The van der Waals surface area contributed by atoms with Crippen LogP contribution in [0.25, 0.3) is 10.8 Å². The monoisotopic (exact) mass is 293 g/mol. The molecule has 1 atom stereocenters. The summed E-state index contributed by atoms with van der Waals surface area (Å²) in [5.74, 6) is 0.678. The van der Waals surface area contributed by atoms with Gasteiger partial charge in [-0.25, -0.2) is 0 Å². The minimum absolute atomic E-state index is 0.333. The summed E-state index contributed by atoms with van der Waals surface area (Å²) in [7, 11) is 0. The van der Waals surface area contributed by atoms with Crippen molar-refractivity contribution in [2.75, 3.05) is 19.6 Å². The van der Waals surface area contributed by atoms with Gasteiger partial charge in [0.2, 0.25) is 11.8 Å². The summed E-state index contributed by atoms with van der Waals surface area (Å²) in [4.78, 5) is 14.3. The molecule has 0 radical (unpaired) electrons. The number of carbonyl (C=O) groups is 1. The molecule has 1 fully saturated rings. The van der Waals surface area contributed by atoms with E-state index in [1.54, 1.807) is 11.3 Å². The standard InChI is InChI=1S/C12H15N5O2S/c13-11(18)8-6-14-3-4-17(8)7-10-15-16-12(19-10)9-2-1-5-20-9/h1-2,5,8,14H,3-4,6-7H2,(H2,13,18). The van der Waals surface area contributed by atoms with Crippen LogP contribution < -0.4 is 11.1 Å². The van der Waals surface area contributed by atoms with Crippen LogP contribution in [-0.4, -0.2) is 46.7 Å². The Kier molecular flexibility index (Phi) is 3.77. The third kappa shape index (κ3) is 2.72. The predicted molar refractivity (Wildman–Crippen MR) is 73.9 cm³/mol. The van der Waals surface area contributed by atoms with Crippen molar-refractivity contribution in [1.82, 2.24) is 20.4 Å². The van der Waals surface area contributed by atoms with Crippen LogP contribution in [0.15, 0.2) is 21.9 Å². The molecular formula is C12H15N5O2S. The quantitative estimate of drug-likeness (QED) is 0.827. The maximum Gasteiger partial charge on any atom is 0.257 e. The fraction of sp³-hybridized carbons (Fsp3) is 0.417. The number of nitrogens with one attached hydrogen (secondary N) is 1. The second-order valence-corrected chi connectivity index (χ2v) is 5.52. The second-order valence-electron chi connectivity index (χ2n) is 4.57. The van der Waals surface area contributed by atoms with E-state index in [2.05, 4.69) is 15.5 Å². The Labute approximate surface area is 119 Å². The third-order valence-corrected chi connectivity index (χ3v) is 4.08. The number of aromatic nitrogens is 2. The summed E-state index contributed by atoms with van der Waals surface area (Å²) in [6, 6.07) is 3.53. The van der Waals surface area contributed by atoms with Gasteiger partial charge in [-0.05, 0) is 11.4 Å². The lowest BCUT2D eigenvalue weighted by Crippen LogP contribution is -2.56. The maximum atomic E-state index is 11.4. The van der Waals surface area contributed by atoms with Gasteiger partial charge in [-0.2, -0.15) is 0 Å². The minimum atomic E-state index is -0.338. The maximum absolute atomic E-state index is 11.4. The molecule has 7 nitrogen and oxygen atoms in total. The number of piperazine rings is 1. The summed E-state index contributed by atoms with van der Waals surface area (Å²) in [6.07, 6.45) is 0. The van der Waals surface area contributed by atoms with E-state index in [1.807, 2.05) is 22.4 Å². The zero-order valence-electron chi connectivity index (χ0n) is 10.8. The first-order valence-electron chi connectivity index (χ1n) is 6.34. The van der Waals surface area contributed by atoms with Crippen LogP contribution in [0.4, 0.5) is 0 Å². The molecule has 0 spiro atoms. The Balaban J connectivity index is 1.72. The summed E-state index contributed by atoms with van der Waals surface area (Å²) >= 11 is 1.55. The number of nitrogens with zero attached hydrogens (tertiary/aromatic N) is 3. The highest BCUT2D eigenvalue weighted by Crippen LogP contribution is 2.23. The number of carbonyl (C=O) groups excluding carboxylic acids is 1. The smallest absolute Gasteiger partial charge is 0.257 e. The van der Waals surface area contributed by atoms with Crippen molar-refractivity contribution < 1.29 is 9.21 Å². The number of nitrogens with two attached hydrogens (primary N) is 1. The van der Waals surface area contributed by atoms with Gasteiger partial charge >= 0.3 is 0 Å². The Hall–Kier alpha value is -1.77. The molecule has 8 heteroatoms. The molecule has 3 heterocycles. The van der Waals surface area contributed by atoms with Gasteiger partial charge in [0.15, 0.2) is 0 Å². The van der Waals surface area contributed by atoms with Crippen molar-refractivity contribution >= 4 is 17.2 Å². The Morgan fingerprint density at radius 1 is 1.60 bits per heavy atom. The van der Waals surface area contributed by atoms with E-state index in [-0.39, 0.29) is 11.9 Å². The first kappa shape index (κ1) is 13.2. The first-order valence-corrected chi connectivity index (χ1v) is 7.22. The third-order valence-electron chi connectivity index (χ3n) is 3.22. The molecule has 2 aromatic rings. The van der Waals surface area contributed by atoms with Crippen molar-refractivity contribution in [2.45, 2.75) is 12.6 Å². The molecular weight excluding hydrogens is 278 g/mol. The topological polar surface area (TPSA) is 97.3 Å². The molecule has 1 aliphatic rings. The van der Waals surface area contributed by atoms with E-state index >= 15 is 0 Å². The normalized spacial score (nSPS) is 20.1. The molecule has 2 aromatic heterocycles. The molecule has 0 aromatic carbocycles. The van der Waals surface area contributed by atoms with Crippen molar-refractivity contribution in [3.63, 3.8) is 0 Å². The summed E-state index contributed by atoms with van der Waals surface area (Å²) in [6.45, 7) is 2.54. The van der Waals surface area contributed by atoms with Crippen LogP contribution in [0.2, 0.25) is 0 Å². The van der Waals surface area contributed by atoms with Crippen LogP contribution in [0.5, 0.6) is 0 Å². The number of rotatable bonds is 4. The van der Waals surface area contributed by atoms with E-state index in [4.69, 9.17) is 10.2 Å². The fourth-order valence-electron chi connectivity index (χ4n) is 2.21. The van der Waals surface area contributed by atoms with Crippen molar-refractivity contribution in [3.05, 3.63) is 23.4 Å². The van der Waals surface area contributed by atoms with E-state index in [0.717, 1.165) is 18.0 Å². The molecule has 1 saturated heterocycles. The van der Waals surface area contributed by atoms with Crippen LogP contribution in [-0.2, 0) is 11.3 Å². The van der Waals surface area contributed by atoms with Gasteiger partial charge in [-0.1, -0.05) is 6.07 Å². The lowest BCUT2D eigenvalue weighted by atomic mass is 10.2. The van der Waals surface area contributed by atoms with Crippen LogP contribution in [0.1, 0.15) is 5.89 Å². The summed E-state index contributed by atoms with van der Waals surface area (Å²) < 4.78 is 5.63. The van der Waals surface area contributed by atoms with Gasteiger partial charge in [0.25, 0.3) is 5.89 Å². The predicted octanol–water partition coefficient (Wildman–Crippen LogP) is 0.0572. The number of hydrogen-bond donors (Lipinski definition) is 2. The molecule has 0 aliphatic carbocycles. The van der Waals surface area contributed by atoms with E-state index in [1.165, 1.54) is 0 Å². The van der Waals surface area contributed by atoms with E-state index in [9.17, 15) is 4.79 Å². The van der Waals surface area contributed by atoms with Crippen LogP contribution >= 0.6 is 11.3 Å². The van der Waals surface area contributed by atoms with E-state index in [0.29, 0.717) is 24.9 Å². The van der Waals surface area contributed by atoms with Crippen molar-refractivity contribution in [2.24, 2.45) is 5.73 Å². The Morgan fingerprint density at radius 3 is 3.25 bits per heavy atom. The second kappa shape index (κ2) is 5.70. The van der Waals surface area contributed by atoms with Gasteiger partial charge in [-0.15, -0.1) is 21.5 Å². The Morgan fingerprint density at radius 2 is 2.50 bits per heavy atom. The Bertz CT molecular complexity index is 582. The van der Waals surface area contributed by atoms with E-state index < -0.39 is 0 Å². The van der Waals surface area contributed by atoms with Crippen molar-refractivity contribution in [1.29, 1.82) is 0 Å². The fourth-order valence-corrected chi connectivity index (χ4v) is 2.85. The lowest BCUT2D eigenvalue weighted by Gasteiger charge is -2.32. The average Bonchev–Trinajstić information content (AvgIpc) is 3.09. The molecule has 0 saturated carbocycles. The summed E-state index contributed by atoms with van der Waals surface area (Å²) in [5.41, 5.74) is 5.41. The highest BCUT2D eigenvalue weighted by Gasteiger charge is 2.28. The summed E-state index contributed by atoms with van der Waals surface area (Å²) in [5, 5.41) is 13.2. The minimum Gasteiger partial charge on any atom is -0.419 e. The van der Waals surface area contributed by atoms with Gasteiger partial charge in [0.05, 0.1) is 11.4 Å². The number of amides is 1. The lowest BCUT2D eigenvalue weighted by molar-refractivity contribution is -0.124. The number of primary amides is 1. The van der Waals surface area contributed by atoms with Gasteiger partial charge in [0.1, 0.15) is 6.04 Å². The van der Waals surface area contributed by atoms with Crippen LogP contribution in [0, 0.1) is 0 Å². The zero-order valence-corrected chi connectivity index (χ0v) is 11.6. The van der Waals surface area contributed by atoms with Crippen molar-refractivity contribution in [3.8, 4) is 10.8 Å². The first-order chi connectivity index (χ1) is 9.74. The van der Waals surface area contributed by atoms with Gasteiger partial charge in [-0.3, -0.25) is 9.69 Å². The molecule has 1 unspecified atom stereocenters. The van der Waals surface area contributed by atoms with Crippen LogP contribution in [0.3, 0.4) is 0 Å². The highest BCUT2D eigenvalue weighted by molar-refractivity contribution is 7.13. The van der Waals surface area contributed by atoms with Gasteiger partial charge < -0.3 is 15.5 Å². The molecule has 1 amide bonds. The molecule has 106 valence electrons. The number of thiophene rings is 1. The highest BCUT2D eigenvalue weighted by atomic mass is 32.1.